The predicted octanol–water partition coefficient (Wildman–Crippen LogP) is 2.96. The molecule has 0 spiro atoms. The van der Waals surface area contributed by atoms with Crippen molar-refractivity contribution in [3.05, 3.63) is 64.2 Å². The van der Waals surface area contributed by atoms with Crippen LogP contribution in [0.5, 0.6) is 0 Å². The van der Waals surface area contributed by atoms with Crippen molar-refractivity contribution in [3.8, 4) is 0 Å². The van der Waals surface area contributed by atoms with E-state index in [2.05, 4.69) is 4.72 Å². The van der Waals surface area contributed by atoms with Gasteiger partial charge in [-0.15, -0.1) is 0 Å². The fraction of sp³-hybridized carbons (Fsp3) is 0.188. The molecule has 0 radical (unpaired) electrons. The van der Waals surface area contributed by atoms with Crippen LogP contribution in [0.15, 0.2) is 53.4 Å². The maximum absolute atomic E-state index is 12.4. The Morgan fingerprint density at radius 1 is 1.20 bits per heavy atom. The topological polar surface area (TPSA) is 116 Å². The van der Waals surface area contributed by atoms with E-state index < -0.39 is 31.5 Å². The van der Waals surface area contributed by atoms with Gasteiger partial charge in [-0.1, -0.05) is 25.1 Å². The molecule has 0 fully saturated rings. The molecule has 9 heteroatoms. The first-order valence-corrected chi connectivity index (χ1v) is 8.87. The number of nitrogens with one attached hydrogen (secondary N) is 1. The van der Waals surface area contributed by atoms with Crippen molar-refractivity contribution in [1.29, 1.82) is 0 Å². The van der Waals surface area contributed by atoms with Crippen LogP contribution < -0.4 is 4.72 Å². The maximum atomic E-state index is 12.4. The molecular weight excluding hydrogens is 348 g/mol. The second-order valence-electron chi connectivity index (χ2n) is 5.05. The highest BCUT2D eigenvalue weighted by atomic mass is 32.2. The van der Waals surface area contributed by atoms with Crippen molar-refractivity contribution in [2.75, 3.05) is 11.3 Å². The number of esters is 1. The van der Waals surface area contributed by atoms with E-state index in [-0.39, 0.29) is 17.9 Å². The Morgan fingerprint density at radius 2 is 1.92 bits per heavy atom. The standard InChI is InChI=1S/C16H16N2O6S/c1-2-10-24-16(19)12-6-5-7-13(11-12)17-25(22,23)15-9-4-3-8-14(15)18(20)21/h3-9,11,17H,2,10H2,1H3. The number of benzene rings is 2. The van der Waals surface area contributed by atoms with E-state index >= 15 is 0 Å². The third-order valence-electron chi connectivity index (χ3n) is 3.14. The Kier molecular flexibility index (Phi) is 5.71. The monoisotopic (exact) mass is 364 g/mol. The average Bonchev–Trinajstić information content (AvgIpc) is 2.59. The summed E-state index contributed by atoms with van der Waals surface area (Å²) in [4.78, 5) is 21.6. The molecule has 2 rings (SSSR count). The zero-order valence-electron chi connectivity index (χ0n) is 13.3. The van der Waals surface area contributed by atoms with Crippen molar-refractivity contribution < 1.29 is 22.9 Å². The Labute approximate surface area is 144 Å². The molecular formula is C16H16N2O6S. The molecule has 0 bridgehead atoms. The van der Waals surface area contributed by atoms with Crippen molar-refractivity contribution >= 4 is 27.4 Å². The lowest BCUT2D eigenvalue weighted by atomic mass is 10.2. The smallest absolute Gasteiger partial charge is 0.338 e. The lowest BCUT2D eigenvalue weighted by molar-refractivity contribution is -0.387. The fourth-order valence-electron chi connectivity index (χ4n) is 2.03. The lowest BCUT2D eigenvalue weighted by Crippen LogP contribution is -2.15. The van der Waals surface area contributed by atoms with Gasteiger partial charge in [-0.05, 0) is 30.7 Å². The number of rotatable bonds is 7. The van der Waals surface area contributed by atoms with E-state index in [9.17, 15) is 23.3 Å². The minimum absolute atomic E-state index is 0.101. The molecule has 0 atom stereocenters. The van der Waals surface area contributed by atoms with E-state index in [1.165, 1.54) is 36.4 Å². The first-order valence-electron chi connectivity index (χ1n) is 7.38. The number of sulfonamides is 1. The van der Waals surface area contributed by atoms with Crippen LogP contribution in [0, 0.1) is 10.1 Å². The number of nitrogens with zero attached hydrogens (tertiary/aromatic N) is 1. The Morgan fingerprint density at radius 3 is 2.60 bits per heavy atom. The molecule has 8 nitrogen and oxygen atoms in total. The van der Waals surface area contributed by atoms with Gasteiger partial charge in [-0.2, -0.15) is 0 Å². The summed E-state index contributed by atoms with van der Waals surface area (Å²) in [5, 5.41) is 11.0. The SMILES string of the molecule is CCCOC(=O)c1cccc(NS(=O)(=O)c2ccccc2[N+](=O)[O-])c1. The van der Waals surface area contributed by atoms with Crippen LogP contribution >= 0.6 is 0 Å². The largest absolute Gasteiger partial charge is 0.462 e. The highest BCUT2D eigenvalue weighted by Crippen LogP contribution is 2.25. The zero-order valence-corrected chi connectivity index (χ0v) is 14.2. The van der Waals surface area contributed by atoms with Gasteiger partial charge in [0.15, 0.2) is 4.90 Å². The minimum atomic E-state index is -4.19. The summed E-state index contributed by atoms with van der Waals surface area (Å²) in [5.74, 6) is -0.575. The van der Waals surface area contributed by atoms with Gasteiger partial charge < -0.3 is 4.74 Å². The molecule has 0 aliphatic carbocycles. The van der Waals surface area contributed by atoms with Crippen molar-refractivity contribution in [2.24, 2.45) is 0 Å². The molecule has 0 heterocycles. The lowest BCUT2D eigenvalue weighted by Gasteiger charge is -2.10. The zero-order chi connectivity index (χ0) is 18.4. The van der Waals surface area contributed by atoms with E-state index in [0.717, 1.165) is 12.1 Å². The number of hydrogen-bond donors (Lipinski definition) is 1. The predicted molar refractivity (Wildman–Crippen MR) is 90.9 cm³/mol. The number of nitro groups is 1. The molecule has 0 saturated carbocycles. The summed E-state index contributed by atoms with van der Waals surface area (Å²) in [6, 6.07) is 10.7. The molecule has 1 N–H and O–H groups in total. The molecule has 2 aromatic carbocycles. The van der Waals surface area contributed by atoms with Crippen LogP contribution in [-0.2, 0) is 14.8 Å². The van der Waals surface area contributed by atoms with Gasteiger partial charge in [0.25, 0.3) is 15.7 Å². The maximum Gasteiger partial charge on any atom is 0.338 e. The molecule has 0 aromatic heterocycles. The van der Waals surface area contributed by atoms with E-state index in [1.807, 2.05) is 6.92 Å². The van der Waals surface area contributed by atoms with Gasteiger partial charge in [0, 0.05) is 11.8 Å². The normalized spacial score (nSPS) is 10.9. The number of carbonyl (C=O) groups excluding carboxylic acids is 1. The molecule has 0 unspecified atom stereocenters. The molecule has 0 aliphatic heterocycles. The molecule has 132 valence electrons. The van der Waals surface area contributed by atoms with Gasteiger partial charge >= 0.3 is 5.97 Å². The summed E-state index contributed by atoms with van der Waals surface area (Å²) in [5.41, 5.74) is -0.256. The third-order valence-corrected chi connectivity index (χ3v) is 4.57. The Balaban J connectivity index is 2.30. The summed E-state index contributed by atoms with van der Waals surface area (Å²) in [6.07, 6.45) is 0.662. The second-order valence-corrected chi connectivity index (χ2v) is 6.70. The third kappa shape index (κ3) is 4.54. The van der Waals surface area contributed by atoms with Crippen LogP contribution in [0.25, 0.3) is 0 Å². The molecule has 0 amide bonds. The number of ether oxygens (including phenoxy) is 1. The summed E-state index contributed by atoms with van der Waals surface area (Å²) in [6.45, 7) is 2.11. The highest BCUT2D eigenvalue weighted by molar-refractivity contribution is 7.92. The number of anilines is 1. The van der Waals surface area contributed by atoms with E-state index in [4.69, 9.17) is 4.74 Å². The first-order chi connectivity index (χ1) is 11.8. The fourth-order valence-corrected chi connectivity index (χ4v) is 3.26. The number of nitro benzene ring substituents is 1. The van der Waals surface area contributed by atoms with Crippen LogP contribution in [-0.4, -0.2) is 25.9 Å². The van der Waals surface area contributed by atoms with Gasteiger partial charge in [0.1, 0.15) is 0 Å². The van der Waals surface area contributed by atoms with E-state index in [1.54, 1.807) is 0 Å². The van der Waals surface area contributed by atoms with Crippen molar-refractivity contribution in [2.45, 2.75) is 18.2 Å². The summed E-state index contributed by atoms with van der Waals surface area (Å²) < 4.78 is 32.1. The summed E-state index contributed by atoms with van der Waals surface area (Å²) >= 11 is 0. The van der Waals surface area contributed by atoms with Crippen LogP contribution in [0.1, 0.15) is 23.7 Å². The average molecular weight is 364 g/mol. The number of hydrogen-bond acceptors (Lipinski definition) is 6. The molecule has 0 aliphatic rings. The number of carbonyl (C=O) groups is 1. The van der Waals surface area contributed by atoms with Crippen molar-refractivity contribution in [3.63, 3.8) is 0 Å². The van der Waals surface area contributed by atoms with Gasteiger partial charge in [0.2, 0.25) is 0 Å². The molecule has 0 saturated heterocycles. The Bertz CT molecular complexity index is 895. The van der Waals surface area contributed by atoms with Crippen LogP contribution in [0.2, 0.25) is 0 Å². The van der Waals surface area contributed by atoms with Gasteiger partial charge in [-0.25, -0.2) is 13.2 Å². The second kappa shape index (κ2) is 7.75. The number of para-hydroxylation sites is 1. The molecule has 25 heavy (non-hydrogen) atoms. The van der Waals surface area contributed by atoms with Crippen LogP contribution in [0.4, 0.5) is 11.4 Å². The van der Waals surface area contributed by atoms with Crippen molar-refractivity contribution in [1.82, 2.24) is 0 Å². The highest BCUT2D eigenvalue weighted by Gasteiger charge is 2.25. The summed E-state index contributed by atoms with van der Waals surface area (Å²) in [7, 11) is -4.19. The van der Waals surface area contributed by atoms with Crippen LogP contribution in [0.3, 0.4) is 0 Å². The van der Waals surface area contributed by atoms with Gasteiger partial charge in [0.05, 0.1) is 17.1 Å². The molecule has 2 aromatic rings. The first kappa shape index (κ1) is 18.4. The Hall–Kier alpha value is -2.94. The van der Waals surface area contributed by atoms with Gasteiger partial charge in [-0.3, -0.25) is 14.8 Å². The van der Waals surface area contributed by atoms with E-state index in [0.29, 0.717) is 6.42 Å². The minimum Gasteiger partial charge on any atom is -0.462 e. The quantitative estimate of drug-likeness (QED) is 0.459.